The lowest BCUT2D eigenvalue weighted by atomic mass is 10.1. The number of nitro groups is 1. The van der Waals surface area contributed by atoms with Crippen LogP contribution in [0.2, 0.25) is 0 Å². The summed E-state index contributed by atoms with van der Waals surface area (Å²) in [6, 6.07) is 0.890. The van der Waals surface area contributed by atoms with Gasteiger partial charge in [-0.05, 0) is 12.1 Å². The molecule has 16 heavy (non-hydrogen) atoms. The number of rotatable bonds is 2. The summed E-state index contributed by atoms with van der Waals surface area (Å²) in [4.78, 5) is 9.04. The first-order chi connectivity index (χ1) is 7.23. The van der Waals surface area contributed by atoms with Gasteiger partial charge in [0.25, 0.3) is 12.1 Å². The zero-order valence-corrected chi connectivity index (χ0v) is 7.46. The molecule has 0 atom stereocenters. The number of nitrogens with zero attached hydrogens (tertiary/aromatic N) is 1. The Morgan fingerprint density at radius 3 is 2.19 bits per heavy atom. The van der Waals surface area contributed by atoms with Crippen molar-refractivity contribution in [1.29, 1.82) is 0 Å². The molecule has 0 N–H and O–H groups in total. The van der Waals surface area contributed by atoms with Crippen LogP contribution >= 0.6 is 0 Å². The van der Waals surface area contributed by atoms with Gasteiger partial charge in [-0.25, -0.2) is 8.78 Å². The Bertz CT molecular complexity index is 415. The summed E-state index contributed by atoms with van der Waals surface area (Å²) in [6.07, 6.45) is -7.99. The predicted molar refractivity (Wildman–Crippen MR) is 43.1 cm³/mol. The molecule has 1 aromatic carbocycles. The predicted octanol–water partition coefficient (Wildman–Crippen LogP) is 3.55. The van der Waals surface area contributed by atoms with Crippen molar-refractivity contribution in [3.8, 4) is 0 Å². The zero-order chi connectivity index (χ0) is 12.5. The Balaban J connectivity index is 3.34. The molecular formula is C8H4F5NO2. The van der Waals surface area contributed by atoms with Gasteiger partial charge in [0.05, 0.1) is 16.1 Å². The summed E-state index contributed by atoms with van der Waals surface area (Å²) in [7, 11) is 0. The highest BCUT2D eigenvalue weighted by atomic mass is 19.4. The van der Waals surface area contributed by atoms with E-state index in [1.54, 1.807) is 0 Å². The molecule has 88 valence electrons. The smallest absolute Gasteiger partial charge is 0.258 e. The molecule has 1 rings (SSSR count). The molecule has 0 aliphatic rings. The molecule has 0 heterocycles. The highest BCUT2D eigenvalue weighted by molar-refractivity contribution is 5.44. The maximum atomic E-state index is 12.2. The largest absolute Gasteiger partial charge is 0.416 e. The van der Waals surface area contributed by atoms with E-state index in [0.29, 0.717) is 12.1 Å². The van der Waals surface area contributed by atoms with Crippen LogP contribution in [0.15, 0.2) is 18.2 Å². The van der Waals surface area contributed by atoms with Crippen molar-refractivity contribution in [2.24, 2.45) is 0 Å². The average molecular weight is 241 g/mol. The Labute approximate surface area is 85.6 Å². The fourth-order valence-electron chi connectivity index (χ4n) is 1.06. The standard InChI is InChI=1S/C8H4F5NO2/c9-7(10)5-2-1-4(8(11,12)13)3-6(5)14(15)16/h1-3,7H. The number of benzene rings is 1. The van der Waals surface area contributed by atoms with Crippen molar-refractivity contribution >= 4 is 5.69 Å². The van der Waals surface area contributed by atoms with Gasteiger partial charge >= 0.3 is 6.18 Å². The highest BCUT2D eigenvalue weighted by Gasteiger charge is 2.34. The van der Waals surface area contributed by atoms with E-state index in [2.05, 4.69) is 0 Å². The van der Waals surface area contributed by atoms with Crippen molar-refractivity contribution in [1.82, 2.24) is 0 Å². The summed E-state index contributed by atoms with van der Waals surface area (Å²) >= 11 is 0. The van der Waals surface area contributed by atoms with Gasteiger partial charge in [-0.1, -0.05) is 0 Å². The van der Waals surface area contributed by atoms with Crippen molar-refractivity contribution in [3.63, 3.8) is 0 Å². The quantitative estimate of drug-likeness (QED) is 0.451. The molecule has 0 aromatic heterocycles. The molecule has 3 nitrogen and oxygen atoms in total. The number of hydrogen-bond donors (Lipinski definition) is 0. The Morgan fingerprint density at radius 1 is 1.25 bits per heavy atom. The summed E-state index contributed by atoms with van der Waals surface area (Å²) in [5.74, 6) is 0. The van der Waals surface area contributed by atoms with Gasteiger partial charge in [-0.3, -0.25) is 10.1 Å². The van der Waals surface area contributed by atoms with Crippen molar-refractivity contribution < 1.29 is 26.9 Å². The lowest BCUT2D eigenvalue weighted by Crippen LogP contribution is -2.07. The van der Waals surface area contributed by atoms with E-state index in [1.807, 2.05) is 0 Å². The van der Waals surface area contributed by atoms with E-state index in [4.69, 9.17) is 0 Å². The van der Waals surface area contributed by atoms with Gasteiger partial charge in [0.2, 0.25) is 0 Å². The van der Waals surface area contributed by atoms with Crippen LogP contribution in [-0.4, -0.2) is 4.92 Å². The molecule has 8 heteroatoms. The van der Waals surface area contributed by atoms with Crippen LogP contribution in [0.5, 0.6) is 0 Å². The minimum Gasteiger partial charge on any atom is -0.258 e. The highest BCUT2D eigenvalue weighted by Crippen LogP contribution is 2.35. The van der Waals surface area contributed by atoms with E-state index < -0.39 is 34.3 Å². The SMILES string of the molecule is O=[N+]([O-])c1cc(C(F)(F)F)ccc1C(F)F. The number of alkyl halides is 5. The lowest BCUT2D eigenvalue weighted by Gasteiger charge is -2.08. The van der Waals surface area contributed by atoms with Crippen LogP contribution in [0.25, 0.3) is 0 Å². The van der Waals surface area contributed by atoms with Gasteiger partial charge < -0.3 is 0 Å². The first-order valence-corrected chi connectivity index (χ1v) is 3.87. The van der Waals surface area contributed by atoms with Crippen LogP contribution in [-0.2, 0) is 6.18 Å². The van der Waals surface area contributed by atoms with E-state index in [-0.39, 0.29) is 6.07 Å². The Hall–Kier alpha value is -1.73. The van der Waals surface area contributed by atoms with Gasteiger partial charge in [-0.2, -0.15) is 13.2 Å². The average Bonchev–Trinajstić information content (AvgIpc) is 2.15. The third-order valence-electron chi connectivity index (χ3n) is 1.79. The molecule has 0 aliphatic heterocycles. The van der Waals surface area contributed by atoms with Crippen LogP contribution in [0, 0.1) is 10.1 Å². The second kappa shape index (κ2) is 4.03. The van der Waals surface area contributed by atoms with E-state index >= 15 is 0 Å². The second-order valence-corrected chi connectivity index (χ2v) is 2.83. The summed E-state index contributed by atoms with van der Waals surface area (Å²) in [5, 5.41) is 10.3. The summed E-state index contributed by atoms with van der Waals surface area (Å²) < 4.78 is 60.9. The van der Waals surface area contributed by atoms with E-state index in [1.165, 1.54) is 0 Å². The third-order valence-corrected chi connectivity index (χ3v) is 1.79. The fraction of sp³-hybridized carbons (Fsp3) is 0.250. The number of nitro benzene ring substituents is 1. The molecule has 0 aliphatic carbocycles. The van der Waals surface area contributed by atoms with E-state index in [0.717, 1.165) is 0 Å². The third kappa shape index (κ3) is 2.44. The minimum atomic E-state index is -4.80. The second-order valence-electron chi connectivity index (χ2n) is 2.83. The molecule has 0 fully saturated rings. The maximum Gasteiger partial charge on any atom is 0.416 e. The first kappa shape index (κ1) is 12.3. The van der Waals surface area contributed by atoms with Gasteiger partial charge in [0.1, 0.15) is 0 Å². The van der Waals surface area contributed by atoms with Crippen molar-refractivity contribution in [2.45, 2.75) is 12.6 Å². The van der Waals surface area contributed by atoms with Crippen LogP contribution < -0.4 is 0 Å². The maximum absolute atomic E-state index is 12.2. The zero-order valence-electron chi connectivity index (χ0n) is 7.46. The van der Waals surface area contributed by atoms with Gasteiger partial charge in [-0.15, -0.1) is 0 Å². The summed E-state index contributed by atoms with van der Waals surface area (Å²) in [6.45, 7) is 0. The van der Waals surface area contributed by atoms with Gasteiger partial charge in [0, 0.05) is 6.07 Å². The fourth-order valence-corrected chi connectivity index (χ4v) is 1.06. The minimum absolute atomic E-state index is 0.0987. The summed E-state index contributed by atoms with van der Waals surface area (Å²) in [5.41, 5.74) is -3.59. The van der Waals surface area contributed by atoms with Crippen molar-refractivity contribution in [2.75, 3.05) is 0 Å². The van der Waals surface area contributed by atoms with E-state index in [9.17, 15) is 32.1 Å². The topological polar surface area (TPSA) is 43.1 Å². The number of halogens is 5. The number of hydrogen-bond acceptors (Lipinski definition) is 2. The first-order valence-electron chi connectivity index (χ1n) is 3.87. The molecule has 0 amide bonds. The molecule has 0 radical (unpaired) electrons. The Morgan fingerprint density at radius 2 is 1.81 bits per heavy atom. The van der Waals surface area contributed by atoms with Crippen LogP contribution in [0.1, 0.15) is 17.6 Å². The molecule has 0 saturated heterocycles. The Kier molecular flexibility index (Phi) is 3.11. The molecular weight excluding hydrogens is 237 g/mol. The van der Waals surface area contributed by atoms with Gasteiger partial charge in [0.15, 0.2) is 0 Å². The molecule has 0 unspecified atom stereocenters. The van der Waals surface area contributed by atoms with Crippen LogP contribution in [0.3, 0.4) is 0 Å². The van der Waals surface area contributed by atoms with Crippen LogP contribution in [0.4, 0.5) is 27.6 Å². The van der Waals surface area contributed by atoms with Crippen molar-refractivity contribution in [3.05, 3.63) is 39.4 Å². The molecule has 0 bridgehead atoms. The monoisotopic (exact) mass is 241 g/mol. The normalized spacial score (nSPS) is 11.9. The molecule has 0 saturated carbocycles. The molecule has 1 aromatic rings. The molecule has 0 spiro atoms. The lowest BCUT2D eigenvalue weighted by molar-refractivity contribution is -0.386.